The summed E-state index contributed by atoms with van der Waals surface area (Å²) < 4.78 is 2.31. The highest BCUT2D eigenvalue weighted by molar-refractivity contribution is 5.90. The van der Waals surface area contributed by atoms with Crippen molar-refractivity contribution in [3.63, 3.8) is 0 Å². The van der Waals surface area contributed by atoms with E-state index in [0.29, 0.717) is 12.1 Å². The van der Waals surface area contributed by atoms with E-state index in [4.69, 9.17) is 0 Å². The molecule has 4 heterocycles. The van der Waals surface area contributed by atoms with Gasteiger partial charge in [-0.1, -0.05) is 0 Å². The fraction of sp³-hybridized carbons (Fsp3) is 0.600. The monoisotopic (exact) mass is 383 g/mol. The van der Waals surface area contributed by atoms with E-state index < -0.39 is 0 Å². The zero-order valence-electron chi connectivity index (χ0n) is 17.4. The van der Waals surface area contributed by atoms with Gasteiger partial charge in [-0.3, -0.25) is 4.79 Å². The van der Waals surface area contributed by atoms with Gasteiger partial charge in [-0.05, 0) is 33.6 Å². The van der Waals surface area contributed by atoms with E-state index in [1.165, 1.54) is 10.6 Å². The predicted octanol–water partition coefficient (Wildman–Crippen LogP) is 1.61. The molecule has 0 bridgehead atoms. The zero-order chi connectivity index (χ0) is 20.0. The molecule has 2 atom stereocenters. The molecule has 2 aliphatic heterocycles. The Bertz CT molecular complexity index is 904. The van der Waals surface area contributed by atoms with Crippen molar-refractivity contribution in [3.05, 3.63) is 34.8 Å². The molecule has 1 saturated heterocycles. The van der Waals surface area contributed by atoms with Gasteiger partial charge in [0.2, 0.25) is 5.82 Å². The molecule has 8 nitrogen and oxygen atoms in total. The van der Waals surface area contributed by atoms with Crippen LogP contribution in [0.2, 0.25) is 0 Å². The predicted molar refractivity (Wildman–Crippen MR) is 108 cm³/mol. The Hall–Kier alpha value is -2.48. The lowest BCUT2D eigenvalue weighted by Gasteiger charge is -2.23. The van der Waals surface area contributed by atoms with Crippen LogP contribution in [0.4, 0.5) is 5.82 Å². The van der Waals surface area contributed by atoms with E-state index >= 15 is 0 Å². The number of fused-ring (bicyclic) bond motifs is 1. The molecule has 1 N–H and O–H groups in total. The van der Waals surface area contributed by atoms with Crippen molar-refractivity contribution in [2.75, 3.05) is 32.1 Å². The molecule has 0 aliphatic carbocycles. The molecule has 2 aromatic rings. The second kappa shape index (κ2) is 7.16. The molecule has 0 aromatic carbocycles. The van der Waals surface area contributed by atoms with Gasteiger partial charge in [-0.25, -0.2) is 15.0 Å². The average molecular weight is 384 g/mol. The molecule has 0 saturated carbocycles. The van der Waals surface area contributed by atoms with E-state index in [-0.39, 0.29) is 11.7 Å². The van der Waals surface area contributed by atoms with Crippen LogP contribution in [0.1, 0.15) is 52.3 Å². The summed E-state index contributed by atoms with van der Waals surface area (Å²) in [6, 6.07) is 0.703. The number of carbonyl (C=O) groups is 1. The molecule has 0 radical (unpaired) electrons. The largest absolute Gasteiger partial charge is 0.355 e. The fourth-order valence-electron chi connectivity index (χ4n) is 4.18. The van der Waals surface area contributed by atoms with Crippen LogP contribution in [0.25, 0.3) is 0 Å². The summed E-state index contributed by atoms with van der Waals surface area (Å²) in [6.45, 7) is 8.93. The molecular weight excluding hydrogens is 354 g/mol. The third-order valence-electron chi connectivity index (χ3n) is 5.92. The number of imidazole rings is 1. The van der Waals surface area contributed by atoms with Gasteiger partial charge in [0.25, 0.3) is 5.91 Å². The van der Waals surface area contributed by atoms with Crippen molar-refractivity contribution in [2.45, 2.75) is 52.2 Å². The Labute approximate surface area is 166 Å². The number of nitrogens with zero attached hydrogens (tertiary/aromatic N) is 6. The Morgan fingerprint density at radius 3 is 2.71 bits per heavy atom. The van der Waals surface area contributed by atoms with Crippen molar-refractivity contribution >= 4 is 11.7 Å². The lowest BCUT2D eigenvalue weighted by molar-refractivity contribution is 0.0815. The highest BCUT2D eigenvalue weighted by Gasteiger charge is 2.32. The van der Waals surface area contributed by atoms with Gasteiger partial charge in [-0.2, -0.15) is 0 Å². The first-order valence-electron chi connectivity index (χ1n) is 9.95. The Morgan fingerprint density at radius 1 is 1.18 bits per heavy atom. The van der Waals surface area contributed by atoms with Crippen LogP contribution in [0, 0.1) is 20.8 Å². The van der Waals surface area contributed by atoms with Crippen LogP contribution in [0.15, 0.2) is 6.20 Å². The highest BCUT2D eigenvalue weighted by atomic mass is 16.2. The number of anilines is 1. The molecular formula is C20H29N7O. The molecule has 28 heavy (non-hydrogen) atoms. The van der Waals surface area contributed by atoms with Crippen LogP contribution >= 0.6 is 0 Å². The van der Waals surface area contributed by atoms with Crippen LogP contribution in [-0.4, -0.2) is 63.6 Å². The number of aryl methyl sites for hydroxylation is 2. The maximum Gasteiger partial charge on any atom is 0.291 e. The summed E-state index contributed by atoms with van der Waals surface area (Å²) >= 11 is 0. The lowest BCUT2D eigenvalue weighted by Crippen LogP contribution is -2.35. The van der Waals surface area contributed by atoms with Gasteiger partial charge in [0.1, 0.15) is 11.6 Å². The van der Waals surface area contributed by atoms with Crippen LogP contribution in [0.5, 0.6) is 0 Å². The zero-order valence-corrected chi connectivity index (χ0v) is 17.4. The minimum Gasteiger partial charge on any atom is -0.355 e. The minimum atomic E-state index is -0.161. The average Bonchev–Trinajstić information content (AvgIpc) is 3.36. The Morgan fingerprint density at radius 2 is 1.96 bits per heavy atom. The number of rotatable bonds is 4. The molecule has 1 amide bonds. The van der Waals surface area contributed by atoms with Crippen LogP contribution in [-0.2, 0) is 6.54 Å². The molecule has 150 valence electrons. The number of hydrogen-bond acceptors (Lipinski definition) is 6. The molecule has 0 spiro atoms. The summed E-state index contributed by atoms with van der Waals surface area (Å²) in [4.78, 5) is 29.8. The van der Waals surface area contributed by atoms with E-state index in [0.717, 1.165) is 55.4 Å². The molecule has 4 rings (SSSR count). The third-order valence-corrected chi connectivity index (χ3v) is 5.92. The van der Waals surface area contributed by atoms with Gasteiger partial charge < -0.3 is 19.7 Å². The van der Waals surface area contributed by atoms with E-state index in [1.54, 1.807) is 14.1 Å². The van der Waals surface area contributed by atoms with E-state index in [2.05, 4.69) is 36.7 Å². The quantitative estimate of drug-likeness (QED) is 0.864. The maximum atomic E-state index is 12.3. The highest BCUT2D eigenvalue weighted by Crippen LogP contribution is 2.29. The number of nitrogens with one attached hydrogen (secondary N) is 1. The number of aromatic nitrogens is 4. The number of hydrogen-bond donors (Lipinski definition) is 1. The van der Waals surface area contributed by atoms with Crippen molar-refractivity contribution in [2.24, 2.45) is 0 Å². The van der Waals surface area contributed by atoms with Gasteiger partial charge >= 0.3 is 0 Å². The van der Waals surface area contributed by atoms with Crippen molar-refractivity contribution in [1.29, 1.82) is 0 Å². The first-order chi connectivity index (χ1) is 13.3. The lowest BCUT2D eigenvalue weighted by atomic mass is 10.2. The summed E-state index contributed by atoms with van der Waals surface area (Å²) in [5.41, 5.74) is 3.14. The molecule has 2 aromatic heterocycles. The van der Waals surface area contributed by atoms with E-state index in [1.807, 2.05) is 20.0 Å². The topological polar surface area (TPSA) is 79.2 Å². The van der Waals surface area contributed by atoms with Crippen LogP contribution in [0.3, 0.4) is 0 Å². The Kier molecular flexibility index (Phi) is 4.82. The third kappa shape index (κ3) is 3.26. The normalized spacial score (nSPS) is 21.2. The second-order valence-corrected chi connectivity index (χ2v) is 8.13. The Balaban J connectivity index is 1.49. The van der Waals surface area contributed by atoms with Gasteiger partial charge in [-0.15, -0.1) is 0 Å². The number of carbonyl (C=O) groups excluding carboxylic acids is 1. The minimum absolute atomic E-state index is 0.161. The first-order valence-corrected chi connectivity index (χ1v) is 9.95. The molecule has 2 aliphatic rings. The maximum absolute atomic E-state index is 12.3. The molecule has 1 unspecified atom stereocenters. The second-order valence-electron chi connectivity index (χ2n) is 8.13. The smallest absolute Gasteiger partial charge is 0.291 e. The van der Waals surface area contributed by atoms with E-state index in [9.17, 15) is 4.79 Å². The van der Waals surface area contributed by atoms with Crippen molar-refractivity contribution < 1.29 is 4.79 Å². The summed E-state index contributed by atoms with van der Waals surface area (Å²) in [5.74, 6) is 2.15. The van der Waals surface area contributed by atoms with Crippen molar-refractivity contribution in [3.8, 4) is 0 Å². The summed E-state index contributed by atoms with van der Waals surface area (Å²) in [5, 5.41) is 3.79. The fourth-order valence-corrected chi connectivity index (χ4v) is 4.18. The van der Waals surface area contributed by atoms with Crippen molar-refractivity contribution in [1.82, 2.24) is 29.7 Å². The standard InChI is InChI=1S/C20H29N7O/c1-12-10-21-19-16(7-9-27(12)19)23-15-6-8-26(11-15)18-13(2)14(3)22-17(24-18)20(28)25(4)5/h10,15-16,23H,6-9,11H2,1-5H3/t15-,16?/m1/s1. The first kappa shape index (κ1) is 18.9. The SMILES string of the molecule is Cc1nc(C(=O)N(C)C)nc(N2CC[C@@H](NC3CCn4c(C)cnc43)C2)c1C. The molecule has 1 fully saturated rings. The van der Waals surface area contributed by atoms with Crippen LogP contribution < -0.4 is 10.2 Å². The molecule has 8 heteroatoms. The van der Waals surface area contributed by atoms with Gasteiger partial charge in [0, 0.05) is 62.9 Å². The van der Waals surface area contributed by atoms with Gasteiger partial charge in [0.15, 0.2) is 0 Å². The summed E-state index contributed by atoms with van der Waals surface area (Å²) in [6.07, 6.45) is 4.10. The summed E-state index contributed by atoms with van der Waals surface area (Å²) in [7, 11) is 3.45. The number of amides is 1. The van der Waals surface area contributed by atoms with Gasteiger partial charge in [0.05, 0.1) is 6.04 Å².